The fourth-order valence-corrected chi connectivity index (χ4v) is 2.64. The van der Waals surface area contributed by atoms with E-state index in [1.54, 1.807) is 31.3 Å². The molecule has 0 aliphatic heterocycles. The number of nitrogens with zero attached hydrogens (tertiary/aromatic N) is 2. The highest BCUT2D eigenvalue weighted by molar-refractivity contribution is 5.94. The van der Waals surface area contributed by atoms with E-state index in [-0.39, 0.29) is 5.91 Å². The number of carbonyl (C=O) groups is 1. The molecule has 1 N–H and O–H groups in total. The molecule has 5 nitrogen and oxygen atoms in total. The van der Waals surface area contributed by atoms with Gasteiger partial charge in [0, 0.05) is 18.3 Å². The molecule has 3 aromatic rings. The fourth-order valence-electron chi connectivity index (χ4n) is 2.64. The van der Waals surface area contributed by atoms with Crippen molar-refractivity contribution in [2.45, 2.75) is 20.5 Å². The Labute approximate surface area is 147 Å². The Kier molecular flexibility index (Phi) is 4.84. The number of benzene rings is 2. The molecule has 25 heavy (non-hydrogen) atoms. The summed E-state index contributed by atoms with van der Waals surface area (Å²) >= 11 is 0. The summed E-state index contributed by atoms with van der Waals surface area (Å²) in [5, 5.41) is 7.08. The smallest absolute Gasteiger partial charge is 0.251 e. The lowest BCUT2D eigenvalue weighted by Gasteiger charge is -2.09. The van der Waals surface area contributed by atoms with Gasteiger partial charge >= 0.3 is 0 Å². The minimum atomic E-state index is -0.105. The molecule has 0 saturated carbocycles. The molecule has 0 atom stereocenters. The summed E-state index contributed by atoms with van der Waals surface area (Å²) in [5.41, 5.74) is 4.83. The Morgan fingerprint density at radius 3 is 2.32 bits per heavy atom. The molecule has 2 aromatic carbocycles. The maximum Gasteiger partial charge on any atom is 0.251 e. The van der Waals surface area contributed by atoms with Crippen molar-refractivity contribution in [3.8, 4) is 11.4 Å². The lowest BCUT2D eigenvalue weighted by atomic mass is 10.2. The molecule has 3 rings (SSSR count). The molecule has 0 saturated heterocycles. The molecule has 1 aromatic heterocycles. The zero-order valence-corrected chi connectivity index (χ0v) is 14.6. The van der Waals surface area contributed by atoms with Gasteiger partial charge < -0.3 is 10.1 Å². The van der Waals surface area contributed by atoms with Gasteiger partial charge in [0.1, 0.15) is 12.4 Å². The van der Waals surface area contributed by atoms with E-state index in [9.17, 15) is 4.79 Å². The molecule has 0 aliphatic rings. The summed E-state index contributed by atoms with van der Waals surface area (Å²) in [7, 11) is 1.61. The predicted octanol–water partition coefficient (Wildman–Crippen LogP) is 3.43. The number of hydrogen-bond acceptors (Lipinski definition) is 3. The highest BCUT2D eigenvalue weighted by Gasteiger charge is 2.05. The van der Waals surface area contributed by atoms with Crippen LogP contribution < -0.4 is 10.1 Å². The second-order valence-electron chi connectivity index (χ2n) is 5.90. The molecule has 0 unspecified atom stereocenters. The number of aromatic nitrogens is 2. The van der Waals surface area contributed by atoms with E-state index in [1.807, 2.05) is 42.8 Å². The summed E-state index contributed by atoms with van der Waals surface area (Å²) in [6.45, 7) is 4.50. The minimum Gasteiger partial charge on any atom is -0.489 e. The molecule has 5 heteroatoms. The first kappa shape index (κ1) is 16.8. The van der Waals surface area contributed by atoms with Gasteiger partial charge in [0.05, 0.1) is 11.4 Å². The van der Waals surface area contributed by atoms with Crippen molar-refractivity contribution in [1.82, 2.24) is 15.1 Å². The Hall–Kier alpha value is -3.08. The molecule has 1 amide bonds. The number of ether oxygens (including phenoxy) is 1. The van der Waals surface area contributed by atoms with Crippen molar-refractivity contribution in [3.05, 3.63) is 77.1 Å². The van der Waals surface area contributed by atoms with Crippen LogP contribution in [-0.4, -0.2) is 22.7 Å². The second kappa shape index (κ2) is 7.21. The topological polar surface area (TPSA) is 56.1 Å². The first-order valence-electron chi connectivity index (χ1n) is 8.14. The van der Waals surface area contributed by atoms with Crippen LogP contribution in [0.4, 0.5) is 0 Å². The largest absolute Gasteiger partial charge is 0.489 e. The van der Waals surface area contributed by atoms with Crippen molar-refractivity contribution in [3.63, 3.8) is 0 Å². The lowest BCUT2D eigenvalue weighted by molar-refractivity contribution is 0.0963. The number of aryl methyl sites for hydroxylation is 2. The van der Waals surface area contributed by atoms with Gasteiger partial charge in [-0.25, -0.2) is 4.68 Å². The molecule has 0 aliphatic carbocycles. The molecule has 0 fully saturated rings. The maximum atomic E-state index is 11.5. The number of carbonyl (C=O) groups excluding carboxylic acids is 1. The van der Waals surface area contributed by atoms with E-state index in [0.29, 0.717) is 12.2 Å². The van der Waals surface area contributed by atoms with Gasteiger partial charge in [0.2, 0.25) is 0 Å². The number of hydrogen-bond donors (Lipinski definition) is 1. The van der Waals surface area contributed by atoms with Gasteiger partial charge in [0.25, 0.3) is 5.91 Å². The normalized spacial score (nSPS) is 10.5. The highest BCUT2D eigenvalue weighted by Crippen LogP contribution is 2.16. The van der Waals surface area contributed by atoms with E-state index in [0.717, 1.165) is 28.4 Å². The Morgan fingerprint density at radius 2 is 1.76 bits per heavy atom. The van der Waals surface area contributed by atoms with E-state index >= 15 is 0 Å². The first-order valence-corrected chi connectivity index (χ1v) is 8.14. The number of rotatable bonds is 5. The first-order chi connectivity index (χ1) is 12.1. The van der Waals surface area contributed by atoms with Crippen LogP contribution in [0.25, 0.3) is 5.69 Å². The van der Waals surface area contributed by atoms with Crippen LogP contribution in [-0.2, 0) is 6.61 Å². The summed E-state index contributed by atoms with van der Waals surface area (Å²) in [6, 6.07) is 17.3. The standard InChI is InChI=1S/C20H21N3O2/c1-14-12-15(2)23(22-14)18-8-4-16(5-9-18)13-25-19-10-6-17(7-11-19)20(24)21-3/h4-12H,13H2,1-3H3,(H,21,24). The Balaban J connectivity index is 1.64. The molecule has 128 valence electrons. The summed E-state index contributed by atoms with van der Waals surface area (Å²) in [5.74, 6) is 0.626. The average molecular weight is 335 g/mol. The van der Waals surface area contributed by atoms with Crippen molar-refractivity contribution in [2.24, 2.45) is 0 Å². The number of nitrogens with one attached hydrogen (secondary N) is 1. The van der Waals surface area contributed by atoms with Gasteiger partial charge in [-0.05, 0) is 61.9 Å². The predicted molar refractivity (Wildman–Crippen MR) is 97.2 cm³/mol. The van der Waals surface area contributed by atoms with Gasteiger partial charge in [-0.1, -0.05) is 12.1 Å². The van der Waals surface area contributed by atoms with Gasteiger partial charge in [-0.2, -0.15) is 5.10 Å². The van der Waals surface area contributed by atoms with Crippen LogP contribution >= 0.6 is 0 Å². The molecule has 0 bridgehead atoms. The summed E-state index contributed by atoms with van der Waals surface area (Å²) in [4.78, 5) is 11.5. The van der Waals surface area contributed by atoms with Gasteiger partial charge in [-0.15, -0.1) is 0 Å². The monoisotopic (exact) mass is 335 g/mol. The average Bonchev–Trinajstić information content (AvgIpc) is 2.98. The molecular weight excluding hydrogens is 314 g/mol. The Bertz CT molecular complexity index is 865. The van der Waals surface area contributed by atoms with Crippen LogP contribution in [0, 0.1) is 13.8 Å². The summed E-state index contributed by atoms with van der Waals surface area (Å²) in [6.07, 6.45) is 0. The molecule has 1 heterocycles. The van der Waals surface area contributed by atoms with E-state index in [4.69, 9.17) is 4.74 Å². The van der Waals surface area contributed by atoms with Crippen LogP contribution in [0.15, 0.2) is 54.6 Å². The van der Waals surface area contributed by atoms with Crippen LogP contribution in [0.5, 0.6) is 5.75 Å². The van der Waals surface area contributed by atoms with Crippen LogP contribution in [0.2, 0.25) is 0 Å². The number of amides is 1. The van der Waals surface area contributed by atoms with Crippen molar-refractivity contribution in [1.29, 1.82) is 0 Å². The third kappa shape index (κ3) is 3.88. The third-order valence-electron chi connectivity index (χ3n) is 3.94. The third-order valence-corrected chi connectivity index (χ3v) is 3.94. The quantitative estimate of drug-likeness (QED) is 0.777. The lowest BCUT2D eigenvalue weighted by Crippen LogP contribution is -2.17. The zero-order valence-electron chi connectivity index (χ0n) is 14.6. The fraction of sp³-hybridized carbons (Fsp3) is 0.200. The minimum absolute atomic E-state index is 0.105. The van der Waals surface area contributed by atoms with Crippen LogP contribution in [0.1, 0.15) is 27.3 Å². The Morgan fingerprint density at radius 1 is 1.08 bits per heavy atom. The highest BCUT2D eigenvalue weighted by atomic mass is 16.5. The van der Waals surface area contributed by atoms with Crippen LogP contribution in [0.3, 0.4) is 0 Å². The maximum absolute atomic E-state index is 11.5. The van der Waals surface area contributed by atoms with E-state index in [1.165, 1.54) is 0 Å². The molecular formula is C20H21N3O2. The van der Waals surface area contributed by atoms with Crippen molar-refractivity contribution < 1.29 is 9.53 Å². The van der Waals surface area contributed by atoms with Gasteiger partial charge in [-0.3, -0.25) is 4.79 Å². The van der Waals surface area contributed by atoms with Crippen molar-refractivity contribution >= 4 is 5.91 Å². The SMILES string of the molecule is CNC(=O)c1ccc(OCc2ccc(-n3nc(C)cc3C)cc2)cc1. The van der Waals surface area contributed by atoms with Gasteiger partial charge in [0.15, 0.2) is 0 Å². The van der Waals surface area contributed by atoms with E-state index in [2.05, 4.69) is 16.5 Å². The molecule has 0 radical (unpaired) electrons. The van der Waals surface area contributed by atoms with Crippen molar-refractivity contribution in [2.75, 3.05) is 7.05 Å². The second-order valence-corrected chi connectivity index (χ2v) is 5.90. The zero-order chi connectivity index (χ0) is 17.8. The summed E-state index contributed by atoms with van der Waals surface area (Å²) < 4.78 is 7.71. The molecule has 0 spiro atoms. The van der Waals surface area contributed by atoms with E-state index < -0.39 is 0 Å².